The van der Waals surface area contributed by atoms with Crippen molar-refractivity contribution in [2.75, 3.05) is 18.1 Å². The Morgan fingerprint density at radius 1 is 1.28 bits per heavy atom. The van der Waals surface area contributed by atoms with Crippen LogP contribution in [0.15, 0.2) is 29.8 Å². The quantitative estimate of drug-likeness (QED) is 0.737. The Labute approximate surface area is 108 Å². The van der Waals surface area contributed by atoms with E-state index in [1.54, 1.807) is 23.6 Å². The van der Waals surface area contributed by atoms with Gasteiger partial charge in [-0.15, -0.1) is 11.3 Å². The molecule has 18 heavy (non-hydrogen) atoms. The molecule has 3 aromatic heterocycles. The number of pyridine rings is 1. The summed E-state index contributed by atoms with van der Waals surface area (Å²) in [5.41, 5.74) is 7.48. The van der Waals surface area contributed by atoms with Crippen LogP contribution in [-0.2, 0) is 0 Å². The molecule has 3 N–H and O–H groups in total. The number of hydrogen-bond acceptors (Lipinski definition) is 6. The van der Waals surface area contributed by atoms with Crippen LogP contribution in [0.4, 0.5) is 11.6 Å². The molecule has 3 rings (SSSR count). The maximum absolute atomic E-state index is 5.68. The highest BCUT2D eigenvalue weighted by atomic mass is 32.1. The Bertz CT molecular complexity index is 707. The van der Waals surface area contributed by atoms with Gasteiger partial charge in [-0.3, -0.25) is 0 Å². The number of fused-ring (bicyclic) bond motifs is 1. The number of nitrogens with one attached hydrogen (secondary N) is 1. The van der Waals surface area contributed by atoms with E-state index in [1.807, 2.05) is 24.6 Å². The average molecular weight is 257 g/mol. The van der Waals surface area contributed by atoms with Gasteiger partial charge in [-0.05, 0) is 23.6 Å². The number of nitrogens with two attached hydrogens (primary N) is 1. The summed E-state index contributed by atoms with van der Waals surface area (Å²) >= 11 is 1.62. The fourth-order valence-corrected chi connectivity index (χ4v) is 2.58. The van der Waals surface area contributed by atoms with Gasteiger partial charge in [-0.2, -0.15) is 0 Å². The maximum Gasteiger partial charge on any atom is 0.162 e. The molecular formula is C12H11N5S. The van der Waals surface area contributed by atoms with Crippen molar-refractivity contribution in [3.8, 4) is 11.4 Å². The molecule has 0 aliphatic rings. The third-order valence-corrected chi connectivity index (χ3v) is 3.49. The molecule has 0 atom stereocenters. The summed E-state index contributed by atoms with van der Waals surface area (Å²) in [5.74, 6) is 1.95. The molecule has 0 aliphatic carbocycles. The number of thiophene rings is 1. The lowest BCUT2D eigenvalue weighted by molar-refractivity contribution is 1.21. The third-order valence-electron chi connectivity index (χ3n) is 2.58. The number of nitrogens with zero attached hydrogens (tertiary/aromatic N) is 3. The minimum atomic E-state index is 0.465. The lowest BCUT2D eigenvalue weighted by atomic mass is 10.2. The molecule has 3 heterocycles. The number of hydrogen-bond donors (Lipinski definition) is 2. The normalized spacial score (nSPS) is 10.7. The molecule has 3 aromatic rings. The summed E-state index contributed by atoms with van der Waals surface area (Å²) in [6.07, 6.45) is 1.66. The van der Waals surface area contributed by atoms with Crippen molar-refractivity contribution in [2.45, 2.75) is 0 Å². The van der Waals surface area contributed by atoms with Crippen molar-refractivity contribution in [1.29, 1.82) is 0 Å². The Morgan fingerprint density at radius 2 is 2.17 bits per heavy atom. The lowest BCUT2D eigenvalue weighted by Gasteiger charge is -2.05. The summed E-state index contributed by atoms with van der Waals surface area (Å²) in [6, 6.07) is 5.60. The molecular weight excluding hydrogens is 246 g/mol. The number of anilines is 2. The lowest BCUT2D eigenvalue weighted by Crippen LogP contribution is -1.98. The highest BCUT2D eigenvalue weighted by molar-refractivity contribution is 7.17. The van der Waals surface area contributed by atoms with Crippen molar-refractivity contribution in [1.82, 2.24) is 15.0 Å². The largest absolute Gasteiger partial charge is 0.384 e. The number of nitrogen functional groups attached to an aromatic ring is 1. The van der Waals surface area contributed by atoms with E-state index in [0.29, 0.717) is 11.6 Å². The molecule has 0 saturated carbocycles. The van der Waals surface area contributed by atoms with Crippen molar-refractivity contribution >= 4 is 33.2 Å². The first kappa shape index (κ1) is 10.9. The first-order chi connectivity index (χ1) is 8.78. The predicted octanol–water partition coefficient (Wildman–Crippen LogP) is 2.38. The monoisotopic (exact) mass is 257 g/mol. The van der Waals surface area contributed by atoms with Crippen molar-refractivity contribution in [3.63, 3.8) is 0 Å². The van der Waals surface area contributed by atoms with Crippen LogP contribution in [0.25, 0.3) is 21.6 Å². The van der Waals surface area contributed by atoms with Crippen LogP contribution in [-0.4, -0.2) is 22.0 Å². The Balaban J connectivity index is 2.23. The van der Waals surface area contributed by atoms with Gasteiger partial charge in [-0.1, -0.05) is 0 Å². The second-order valence-corrected chi connectivity index (χ2v) is 4.67. The van der Waals surface area contributed by atoms with E-state index in [1.165, 1.54) is 0 Å². The van der Waals surface area contributed by atoms with Gasteiger partial charge < -0.3 is 11.1 Å². The molecule has 0 radical (unpaired) electrons. The maximum atomic E-state index is 5.68. The predicted molar refractivity (Wildman–Crippen MR) is 74.6 cm³/mol. The van der Waals surface area contributed by atoms with E-state index in [2.05, 4.69) is 20.3 Å². The van der Waals surface area contributed by atoms with Gasteiger partial charge in [-0.25, -0.2) is 15.0 Å². The van der Waals surface area contributed by atoms with E-state index in [9.17, 15) is 0 Å². The van der Waals surface area contributed by atoms with E-state index < -0.39 is 0 Å². The number of rotatable bonds is 2. The van der Waals surface area contributed by atoms with Gasteiger partial charge in [0.25, 0.3) is 0 Å². The molecule has 0 unspecified atom stereocenters. The third kappa shape index (κ3) is 1.76. The zero-order valence-electron chi connectivity index (χ0n) is 9.71. The van der Waals surface area contributed by atoms with Crippen molar-refractivity contribution in [3.05, 3.63) is 29.8 Å². The van der Waals surface area contributed by atoms with Crippen molar-refractivity contribution < 1.29 is 0 Å². The SMILES string of the molecule is CNc1nc(-c2ccnc(N)c2)nc2ccsc12. The van der Waals surface area contributed by atoms with Crippen LogP contribution < -0.4 is 11.1 Å². The van der Waals surface area contributed by atoms with Gasteiger partial charge in [0.1, 0.15) is 11.6 Å². The summed E-state index contributed by atoms with van der Waals surface area (Å²) in [5, 5.41) is 5.10. The van der Waals surface area contributed by atoms with Crippen molar-refractivity contribution in [2.24, 2.45) is 0 Å². The summed E-state index contributed by atoms with van der Waals surface area (Å²) < 4.78 is 1.06. The molecule has 5 nitrogen and oxygen atoms in total. The highest BCUT2D eigenvalue weighted by Crippen LogP contribution is 2.28. The van der Waals surface area contributed by atoms with Gasteiger partial charge in [0.05, 0.1) is 10.2 Å². The topological polar surface area (TPSA) is 76.7 Å². The molecule has 0 aliphatic heterocycles. The van der Waals surface area contributed by atoms with E-state index in [4.69, 9.17) is 5.73 Å². The molecule has 6 heteroatoms. The summed E-state index contributed by atoms with van der Waals surface area (Å²) in [4.78, 5) is 13.0. The van der Waals surface area contributed by atoms with Crippen LogP contribution in [0.3, 0.4) is 0 Å². The molecule has 0 saturated heterocycles. The molecule has 90 valence electrons. The van der Waals surface area contributed by atoms with E-state index in [-0.39, 0.29) is 0 Å². The van der Waals surface area contributed by atoms with Crippen LogP contribution in [0, 0.1) is 0 Å². The number of aromatic nitrogens is 3. The Morgan fingerprint density at radius 3 is 2.94 bits per heavy atom. The fourth-order valence-electron chi connectivity index (χ4n) is 1.75. The standard InChI is InChI=1S/C12H11N5S/c1-14-12-10-8(3-5-18-10)16-11(17-12)7-2-4-15-9(13)6-7/h2-6H,1H3,(H2,13,15)(H,14,16,17). The van der Waals surface area contributed by atoms with Crippen LogP contribution in [0.1, 0.15) is 0 Å². The molecule has 0 spiro atoms. The average Bonchev–Trinajstić information content (AvgIpc) is 2.85. The second-order valence-electron chi connectivity index (χ2n) is 3.75. The minimum Gasteiger partial charge on any atom is -0.384 e. The van der Waals surface area contributed by atoms with Gasteiger partial charge in [0.2, 0.25) is 0 Å². The van der Waals surface area contributed by atoms with Crippen LogP contribution in [0.5, 0.6) is 0 Å². The van der Waals surface area contributed by atoms with Crippen LogP contribution >= 0.6 is 11.3 Å². The van der Waals surface area contributed by atoms with E-state index in [0.717, 1.165) is 21.6 Å². The Kier molecular flexibility index (Phi) is 2.56. The molecule has 0 bridgehead atoms. The van der Waals surface area contributed by atoms with Gasteiger partial charge in [0.15, 0.2) is 5.82 Å². The van der Waals surface area contributed by atoms with E-state index >= 15 is 0 Å². The van der Waals surface area contributed by atoms with Crippen LogP contribution in [0.2, 0.25) is 0 Å². The fraction of sp³-hybridized carbons (Fsp3) is 0.0833. The second kappa shape index (κ2) is 4.23. The zero-order valence-corrected chi connectivity index (χ0v) is 10.5. The molecule has 0 aromatic carbocycles. The first-order valence-electron chi connectivity index (χ1n) is 5.43. The van der Waals surface area contributed by atoms with Gasteiger partial charge >= 0.3 is 0 Å². The summed E-state index contributed by atoms with van der Waals surface area (Å²) in [6.45, 7) is 0. The first-order valence-corrected chi connectivity index (χ1v) is 6.31. The molecule has 0 amide bonds. The smallest absolute Gasteiger partial charge is 0.162 e. The minimum absolute atomic E-state index is 0.465. The highest BCUT2D eigenvalue weighted by Gasteiger charge is 2.09. The Hall–Kier alpha value is -2.21. The summed E-state index contributed by atoms with van der Waals surface area (Å²) in [7, 11) is 1.85. The molecule has 0 fully saturated rings. The van der Waals surface area contributed by atoms with Gasteiger partial charge in [0, 0.05) is 18.8 Å². The zero-order chi connectivity index (χ0) is 12.5.